The van der Waals surface area contributed by atoms with Crippen molar-refractivity contribution < 1.29 is 4.74 Å². The highest BCUT2D eigenvalue weighted by Crippen LogP contribution is 2.27. The molecule has 0 aromatic rings. The molecule has 1 N–H and O–H groups in total. The Hall–Kier alpha value is -0.160. The molecule has 4 fully saturated rings. The van der Waals surface area contributed by atoms with E-state index in [4.69, 9.17) is 4.74 Å². The Kier molecular flexibility index (Phi) is 5.01. The topological polar surface area (TPSA) is 27.7 Å². The van der Waals surface area contributed by atoms with Crippen LogP contribution < -0.4 is 5.32 Å². The molecule has 126 valence electrons. The van der Waals surface area contributed by atoms with Crippen LogP contribution in [0.25, 0.3) is 0 Å². The first-order valence-corrected chi connectivity index (χ1v) is 9.72. The smallest absolute Gasteiger partial charge is 0.0638 e. The van der Waals surface area contributed by atoms with E-state index in [0.29, 0.717) is 12.1 Å². The van der Waals surface area contributed by atoms with E-state index in [1.54, 1.807) is 0 Å². The lowest BCUT2D eigenvalue weighted by Gasteiger charge is -2.38. The average Bonchev–Trinajstić information content (AvgIpc) is 3.30. The maximum Gasteiger partial charge on any atom is 0.0638 e. The Morgan fingerprint density at radius 1 is 0.727 bits per heavy atom. The van der Waals surface area contributed by atoms with Crippen molar-refractivity contribution in [2.75, 3.05) is 39.4 Å². The number of hydrogen-bond donors (Lipinski definition) is 1. The normalized spacial score (nSPS) is 36.5. The third-order valence-electron chi connectivity index (χ3n) is 6.48. The summed E-state index contributed by atoms with van der Waals surface area (Å²) < 4.78 is 5.81. The van der Waals surface area contributed by atoms with Crippen LogP contribution in [-0.2, 0) is 4.74 Å². The summed E-state index contributed by atoms with van der Waals surface area (Å²) >= 11 is 0. The Morgan fingerprint density at radius 3 is 2.18 bits per heavy atom. The van der Waals surface area contributed by atoms with E-state index in [9.17, 15) is 0 Å². The van der Waals surface area contributed by atoms with Crippen LogP contribution in [0.3, 0.4) is 0 Å². The summed E-state index contributed by atoms with van der Waals surface area (Å²) in [5, 5.41) is 3.96. The van der Waals surface area contributed by atoms with Gasteiger partial charge in [0.1, 0.15) is 0 Å². The van der Waals surface area contributed by atoms with Gasteiger partial charge >= 0.3 is 0 Å². The van der Waals surface area contributed by atoms with E-state index in [2.05, 4.69) is 15.1 Å². The van der Waals surface area contributed by atoms with Gasteiger partial charge in [-0.2, -0.15) is 0 Å². The molecule has 3 heterocycles. The van der Waals surface area contributed by atoms with Gasteiger partial charge in [0.2, 0.25) is 0 Å². The van der Waals surface area contributed by atoms with Crippen LogP contribution in [0.1, 0.15) is 51.4 Å². The molecule has 3 aliphatic heterocycles. The van der Waals surface area contributed by atoms with Gasteiger partial charge in [-0.15, -0.1) is 0 Å². The molecule has 0 aromatic heterocycles. The van der Waals surface area contributed by atoms with Gasteiger partial charge in [0.25, 0.3) is 0 Å². The summed E-state index contributed by atoms with van der Waals surface area (Å²) in [5.41, 5.74) is 0. The first-order chi connectivity index (χ1) is 10.9. The van der Waals surface area contributed by atoms with Crippen molar-refractivity contribution in [3.8, 4) is 0 Å². The molecule has 2 atom stereocenters. The number of likely N-dealkylation sites (tertiary alicyclic amines) is 2. The molecule has 0 amide bonds. The number of piperidine rings is 1. The van der Waals surface area contributed by atoms with Crippen LogP contribution in [0.5, 0.6) is 0 Å². The third-order valence-corrected chi connectivity index (χ3v) is 6.48. The lowest BCUT2D eigenvalue weighted by molar-refractivity contribution is 0.133. The van der Waals surface area contributed by atoms with Gasteiger partial charge in [-0.05, 0) is 64.7 Å². The zero-order valence-corrected chi connectivity index (χ0v) is 14.0. The molecule has 0 bridgehead atoms. The maximum absolute atomic E-state index is 5.81. The summed E-state index contributed by atoms with van der Waals surface area (Å²) in [6.07, 6.45) is 11.2. The fraction of sp³-hybridized carbons (Fsp3) is 1.00. The average molecular weight is 307 g/mol. The van der Waals surface area contributed by atoms with Gasteiger partial charge in [-0.25, -0.2) is 0 Å². The third kappa shape index (κ3) is 3.35. The first-order valence-electron chi connectivity index (χ1n) is 9.72. The highest BCUT2D eigenvalue weighted by Gasteiger charge is 2.36. The lowest BCUT2D eigenvalue weighted by Crippen LogP contribution is -2.54. The van der Waals surface area contributed by atoms with Crippen LogP contribution >= 0.6 is 0 Å². The van der Waals surface area contributed by atoms with Crippen molar-refractivity contribution in [2.45, 2.75) is 75.5 Å². The number of nitrogens with zero attached hydrogens (tertiary/aromatic N) is 2. The summed E-state index contributed by atoms with van der Waals surface area (Å²) in [7, 11) is 0. The quantitative estimate of drug-likeness (QED) is 0.858. The molecule has 1 saturated carbocycles. The Labute approximate surface area is 135 Å². The van der Waals surface area contributed by atoms with Crippen LogP contribution in [-0.4, -0.2) is 73.4 Å². The Bertz CT molecular complexity index is 344. The van der Waals surface area contributed by atoms with E-state index in [-0.39, 0.29) is 0 Å². The van der Waals surface area contributed by atoms with Crippen molar-refractivity contribution in [2.24, 2.45) is 0 Å². The van der Waals surface area contributed by atoms with Gasteiger partial charge in [0, 0.05) is 18.1 Å². The molecule has 0 radical (unpaired) electrons. The van der Waals surface area contributed by atoms with Gasteiger partial charge in [-0.3, -0.25) is 4.90 Å². The van der Waals surface area contributed by atoms with Gasteiger partial charge in [0.15, 0.2) is 0 Å². The molecule has 0 unspecified atom stereocenters. The zero-order valence-electron chi connectivity index (χ0n) is 14.0. The molecular formula is C18H33N3O. The molecule has 4 aliphatic rings. The minimum absolute atomic E-state index is 0.570. The van der Waals surface area contributed by atoms with E-state index in [1.807, 2.05) is 0 Å². The molecule has 22 heavy (non-hydrogen) atoms. The lowest BCUT2D eigenvalue weighted by atomic mass is 10.00. The number of hydrogen-bond acceptors (Lipinski definition) is 4. The fourth-order valence-corrected chi connectivity index (χ4v) is 5.14. The van der Waals surface area contributed by atoms with Gasteiger partial charge in [-0.1, -0.05) is 12.8 Å². The van der Waals surface area contributed by atoms with Crippen LogP contribution in [0.15, 0.2) is 0 Å². The number of rotatable bonds is 4. The Morgan fingerprint density at radius 2 is 1.45 bits per heavy atom. The van der Waals surface area contributed by atoms with Gasteiger partial charge in [0.05, 0.1) is 19.3 Å². The molecule has 0 spiro atoms. The van der Waals surface area contributed by atoms with Crippen molar-refractivity contribution in [1.29, 1.82) is 0 Å². The fourth-order valence-electron chi connectivity index (χ4n) is 5.14. The second-order valence-electron chi connectivity index (χ2n) is 7.87. The summed E-state index contributed by atoms with van der Waals surface area (Å²) in [6.45, 7) is 7.05. The van der Waals surface area contributed by atoms with Gasteiger partial charge < -0.3 is 15.0 Å². The SMILES string of the molecule is C1CCC(N2CCC(N[C@H]3COC[C@@H]3N3CCCC3)CC2)C1. The standard InChI is InChI=1S/C18H33N3O/c1-2-6-16(5-1)20-11-7-15(8-12-20)19-17-13-22-14-18(17)21-9-3-4-10-21/h15-19H,1-14H2/t17-,18-/m0/s1. The first kappa shape index (κ1) is 15.4. The predicted octanol–water partition coefficient (Wildman–Crippen LogP) is 1.85. The predicted molar refractivity (Wildman–Crippen MR) is 89.2 cm³/mol. The molecule has 4 rings (SSSR count). The summed E-state index contributed by atoms with van der Waals surface area (Å²) in [5.74, 6) is 0. The second kappa shape index (κ2) is 7.16. The maximum atomic E-state index is 5.81. The van der Waals surface area contributed by atoms with Crippen molar-refractivity contribution in [3.05, 3.63) is 0 Å². The van der Waals surface area contributed by atoms with Crippen molar-refractivity contribution in [3.63, 3.8) is 0 Å². The Balaban J connectivity index is 1.25. The summed E-state index contributed by atoms with van der Waals surface area (Å²) in [4.78, 5) is 5.44. The van der Waals surface area contributed by atoms with Crippen molar-refractivity contribution >= 4 is 0 Å². The second-order valence-corrected chi connectivity index (χ2v) is 7.87. The van der Waals surface area contributed by atoms with Crippen LogP contribution in [0.4, 0.5) is 0 Å². The minimum Gasteiger partial charge on any atom is -0.378 e. The largest absolute Gasteiger partial charge is 0.378 e. The molecule has 4 heteroatoms. The molecule has 0 aromatic carbocycles. The summed E-state index contributed by atoms with van der Waals surface area (Å²) in [6, 6.07) is 2.83. The minimum atomic E-state index is 0.570. The molecule has 4 nitrogen and oxygen atoms in total. The van der Waals surface area contributed by atoms with Crippen LogP contribution in [0.2, 0.25) is 0 Å². The highest BCUT2D eigenvalue weighted by molar-refractivity contribution is 4.94. The van der Waals surface area contributed by atoms with E-state index in [0.717, 1.165) is 25.3 Å². The monoisotopic (exact) mass is 307 g/mol. The van der Waals surface area contributed by atoms with Crippen LogP contribution in [0, 0.1) is 0 Å². The molecular weight excluding hydrogens is 274 g/mol. The number of ether oxygens (including phenoxy) is 1. The van der Waals surface area contributed by atoms with Crippen molar-refractivity contribution in [1.82, 2.24) is 15.1 Å². The highest BCUT2D eigenvalue weighted by atomic mass is 16.5. The van der Waals surface area contributed by atoms with E-state index >= 15 is 0 Å². The molecule has 3 saturated heterocycles. The van der Waals surface area contributed by atoms with E-state index < -0.39 is 0 Å². The van der Waals surface area contributed by atoms with E-state index in [1.165, 1.54) is 77.5 Å². The number of nitrogens with one attached hydrogen (secondary N) is 1. The molecule has 1 aliphatic carbocycles. The zero-order chi connectivity index (χ0) is 14.8.